The topological polar surface area (TPSA) is 88.2 Å². The number of phenols is 1. The second-order valence-corrected chi connectivity index (χ2v) is 8.11. The van der Waals surface area contributed by atoms with Crippen molar-refractivity contribution in [2.75, 3.05) is 18.5 Å². The number of aromatic nitrogens is 1. The molecule has 2 aromatic carbocycles. The van der Waals surface area contributed by atoms with Crippen molar-refractivity contribution in [3.8, 4) is 22.8 Å². The highest BCUT2D eigenvalue weighted by atomic mass is 32.1. The van der Waals surface area contributed by atoms with Gasteiger partial charge in [0, 0.05) is 10.9 Å². The standard InChI is InChI=1S/C23H22N4O3S/c1-14(2)11-24-23-27(26-15(3)16-4-7-18(28)8-5-16)20(13-31-23)17-6-9-21-19(10-17)25-22(29)12-30-21/h4-10,13,28H,1,11-12H2,2-3H3,(H,25,29). The molecule has 4 rings (SSSR count). The molecule has 158 valence electrons. The summed E-state index contributed by atoms with van der Waals surface area (Å²) < 4.78 is 7.26. The van der Waals surface area contributed by atoms with Gasteiger partial charge in [0.05, 0.1) is 23.6 Å². The van der Waals surface area contributed by atoms with E-state index in [1.165, 1.54) is 11.3 Å². The van der Waals surface area contributed by atoms with Gasteiger partial charge in [0.25, 0.3) is 5.91 Å². The molecule has 0 saturated carbocycles. The molecule has 2 N–H and O–H groups in total. The molecule has 2 heterocycles. The van der Waals surface area contributed by atoms with Crippen molar-refractivity contribution < 1.29 is 14.6 Å². The molecule has 7 nitrogen and oxygen atoms in total. The second kappa shape index (κ2) is 8.61. The summed E-state index contributed by atoms with van der Waals surface area (Å²) in [6.45, 7) is 8.28. The van der Waals surface area contributed by atoms with Gasteiger partial charge in [-0.05, 0) is 61.9 Å². The van der Waals surface area contributed by atoms with E-state index in [9.17, 15) is 9.90 Å². The third-order valence-corrected chi connectivity index (χ3v) is 5.47. The minimum absolute atomic E-state index is 0.0187. The Bertz CT molecular complexity index is 1250. The third kappa shape index (κ3) is 4.59. The number of hydrogen-bond acceptors (Lipinski definition) is 6. The quantitative estimate of drug-likeness (QED) is 0.470. The van der Waals surface area contributed by atoms with E-state index in [-0.39, 0.29) is 18.3 Å². The molecule has 0 atom stereocenters. The van der Waals surface area contributed by atoms with Gasteiger partial charge in [-0.15, -0.1) is 11.3 Å². The molecule has 0 bridgehead atoms. The molecule has 1 aromatic heterocycles. The van der Waals surface area contributed by atoms with Gasteiger partial charge in [-0.3, -0.25) is 9.79 Å². The van der Waals surface area contributed by atoms with Gasteiger partial charge in [0.2, 0.25) is 4.80 Å². The van der Waals surface area contributed by atoms with Crippen LogP contribution in [-0.4, -0.2) is 34.6 Å². The summed E-state index contributed by atoms with van der Waals surface area (Å²) in [5.74, 6) is 0.665. The highest BCUT2D eigenvalue weighted by Gasteiger charge is 2.18. The normalized spacial score (nSPS) is 14.1. The molecule has 0 unspecified atom stereocenters. The number of nitrogens with one attached hydrogen (secondary N) is 1. The van der Waals surface area contributed by atoms with Crippen molar-refractivity contribution in [2.24, 2.45) is 10.1 Å². The summed E-state index contributed by atoms with van der Waals surface area (Å²) in [4.78, 5) is 17.1. The zero-order valence-corrected chi connectivity index (χ0v) is 18.1. The SMILES string of the molecule is C=C(C)CN=c1scc(-c2ccc3c(c2)NC(=O)CO3)n1N=C(C)c1ccc(O)cc1. The highest BCUT2D eigenvalue weighted by molar-refractivity contribution is 7.07. The fourth-order valence-electron chi connectivity index (χ4n) is 3.06. The number of nitrogens with zero attached hydrogens (tertiary/aromatic N) is 3. The largest absolute Gasteiger partial charge is 0.508 e. The van der Waals surface area contributed by atoms with Crippen LogP contribution in [0.25, 0.3) is 11.3 Å². The first-order chi connectivity index (χ1) is 14.9. The molecule has 8 heteroatoms. The summed E-state index contributed by atoms with van der Waals surface area (Å²) >= 11 is 1.48. The van der Waals surface area contributed by atoms with Gasteiger partial charge in [-0.25, -0.2) is 4.68 Å². The summed E-state index contributed by atoms with van der Waals surface area (Å²) in [6.07, 6.45) is 0. The average Bonchev–Trinajstić information content (AvgIpc) is 3.14. The molecular formula is C23H22N4O3S. The number of carbonyl (C=O) groups excluding carboxylic acids is 1. The number of fused-ring (bicyclic) bond motifs is 1. The van der Waals surface area contributed by atoms with Crippen LogP contribution in [0.5, 0.6) is 11.5 Å². The van der Waals surface area contributed by atoms with Crippen LogP contribution < -0.4 is 14.9 Å². The summed E-state index contributed by atoms with van der Waals surface area (Å²) in [6, 6.07) is 12.5. The maximum absolute atomic E-state index is 11.7. The summed E-state index contributed by atoms with van der Waals surface area (Å²) in [5.41, 5.74) is 4.96. The van der Waals surface area contributed by atoms with Crippen LogP contribution in [0.4, 0.5) is 5.69 Å². The van der Waals surface area contributed by atoms with E-state index in [0.29, 0.717) is 18.0 Å². The van der Waals surface area contributed by atoms with E-state index < -0.39 is 0 Å². The lowest BCUT2D eigenvalue weighted by Gasteiger charge is -2.18. The maximum Gasteiger partial charge on any atom is 0.262 e. The lowest BCUT2D eigenvalue weighted by molar-refractivity contribution is -0.118. The van der Waals surface area contributed by atoms with E-state index in [2.05, 4.69) is 16.9 Å². The van der Waals surface area contributed by atoms with Crippen LogP contribution in [0.15, 0.2) is 70.1 Å². The number of rotatable bonds is 5. The predicted molar refractivity (Wildman–Crippen MR) is 123 cm³/mol. The minimum atomic E-state index is -0.179. The molecule has 1 aliphatic rings. The molecule has 31 heavy (non-hydrogen) atoms. The predicted octanol–water partition coefficient (Wildman–Crippen LogP) is 4.00. The Morgan fingerprint density at radius 3 is 2.77 bits per heavy atom. The first-order valence-corrected chi connectivity index (χ1v) is 10.6. The molecule has 3 aromatic rings. The Balaban J connectivity index is 1.82. The van der Waals surface area contributed by atoms with Gasteiger partial charge < -0.3 is 15.2 Å². The zero-order chi connectivity index (χ0) is 22.0. The Kier molecular flexibility index (Phi) is 5.73. The summed E-state index contributed by atoms with van der Waals surface area (Å²) in [5, 5.41) is 19.2. The van der Waals surface area contributed by atoms with Gasteiger partial charge in [-0.2, -0.15) is 5.10 Å². The van der Waals surface area contributed by atoms with E-state index in [0.717, 1.165) is 32.9 Å². The first-order valence-electron chi connectivity index (χ1n) is 9.68. The van der Waals surface area contributed by atoms with E-state index in [1.54, 1.807) is 16.8 Å². The zero-order valence-electron chi connectivity index (χ0n) is 17.3. The Morgan fingerprint density at radius 2 is 2.03 bits per heavy atom. The monoisotopic (exact) mass is 434 g/mol. The van der Waals surface area contributed by atoms with Crippen molar-refractivity contribution in [1.29, 1.82) is 0 Å². The lowest BCUT2D eigenvalue weighted by atomic mass is 10.1. The van der Waals surface area contributed by atoms with Crippen molar-refractivity contribution in [3.63, 3.8) is 0 Å². The number of amides is 1. The van der Waals surface area contributed by atoms with Crippen molar-refractivity contribution in [3.05, 3.63) is 70.4 Å². The molecule has 0 aliphatic carbocycles. The van der Waals surface area contributed by atoms with E-state index >= 15 is 0 Å². The maximum atomic E-state index is 11.7. The molecule has 0 radical (unpaired) electrons. The first kappa shape index (κ1) is 20.6. The van der Waals surface area contributed by atoms with Crippen LogP contribution in [0, 0.1) is 0 Å². The van der Waals surface area contributed by atoms with Crippen LogP contribution >= 0.6 is 11.3 Å². The lowest BCUT2D eigenvalue weighted by Crippen LogP contribution is -2.25. The Hall–Kier alpha value is -3.65. The van der Waals surface area contributed by atoms with Crippen molar-refractivity contribution in [1.82, 2.24) is 4.68 Å². The van der Waals surface area contributed by atoms with Crippen LogP contribution in [0.2, 0.25) is 0 Å². The fraction of sp³-hybridized carbons (Fsp3) is 0.174. The molecule has 0 saturated heterocycles. The number of phenolic OH excluding ortho intramolecular Hbond substituents is 1. The summed E-state index contributed by atoms with van der Waals surface area (Å²) in [7, 11) is 0. The van der Waals surface area contributed by atoms with Crippen molar-refractivity contribution >= 4 is 28.6 Å². The van der Waals surface area contributed by atoms with Crippen LogP contribution in [0.1, 0.15) is 19.4 Å². The Labute approximate surface area is 183 Å². The van der Waals surface area contributed by atoms with E-state index in [1.807, 2.05) is 49.6 Å². The number of hydrogen-bond donors (Lipinski definition) is 2. The van der Waals surface area contributed by atoms with Gasteiger partial charge in [-0.1, -0.05) is 12.2 Å². The number of ether oxygens (including phenoxy) is 1. The molecule has 0 spiro atoms. The van der Waals surface area contributed by atoms with Crippen molar-refractivity contribution in [2.45, 2.75) is 13.8 Å². The fourth-order valence-corrected chi connectivity index (χ4v) is 3.89. The average molecular weight is 435 g/mol. The third-order valence-electron chi connectivity index (χ3n) is 4.61. The van der Waals surface area contributed by atoms with Gasteiger partial charge in [0.15, 0.2) is 6.61 Å². The van der Waals surface area contributed by atoms with Gasteiger partial charge >= 0.3 is 0 Å². The highest BCUT2D eigenvalue weighted by Crippen LogP contribution is 2.33. The van der Waals surface area contributed by atoms with E-state index in [4.69, 9.17) is 9.84 Å². The smallest absolute Gasteiger partial charge is 0.262 e. The Morgan fingerprint density at radius 1 is 1.26 bits per heavy atom. The molecule has 1 amide bonds. The number of benzene rings is 2. The molecule has 1 aliphatic heterocycles. The number of carbonyl (C=O) groups is 1. The molecular weight excluding hydrogens is 412 g/mol. The van der Waals surface area contributed by atoms with Crippen LogP contribution in [0.3, 0.4) is 0 Å². The minimum Gasteiger partial charge on any atom is -0.508 e. The van der Waals surface area contributed by atoms with Crippen LogP contribution in [-0.2, 0) is 4.79 Å². The second-order valence-electron chi connectivity index (χ2n) is 7.27. The number of aromatic hydroxyl groups is 1. The number of anilines is 1. The molecule has 0 fully saturated rings. The number of thiazole rings is 1. The van der Waals surface area contributed by atoms with Gasteiger partial charge in [0.1, 0.15) is 11.5 Å².